The highest BCUT2D eigenvalue weighted by Gasteiger charge is 2.13. The predicted molar refractivity (Wildman–Crippen MR) is 113 cm³/mol. The number of halogens is 4. The lowest BCUT2D eigenvalue weighted by Gasteiger charge is -2.10. The summed E-state index contributed by atoms with van der Waals surface area (Å²) < 4.78 is 56.8. The number of unbranched alkanes of at least 4 members (excludes halogenated alkanes) is 1. The van der Waals surface area contributed by atoms with Crippen LogP contribution in [0.2, 0.25) is 0 Å². The third-order valence-corrected chi connectivity index (χ3v) is 5.35. The summed E-state index contributed by atoms with van der Waals surface area (Å²) in [5.41, 5.74) is 2.56. The molecule has 0 heterocycles. The minimum absolute atomic E-state index is 0.140. The molecule has 0 fully saturated rings. The zero-order valence-corrected chi connectivity index (χ0v) is 16.5. The van der Waals surface area contributed by atoms with Crippen LogP contribution in [0.4, 0.5) is 17.6 Å². The van der Waals surface area contributed by atoms with Gasteiger partial charge in [-0.25, -0.2) is 17.6 Å². The number of fused-ring (bicyclic) bond motifs is 1. The maximum atomic E-state index is 14.9. The maximum absolute atomic E-state index is 14.9. The normalized spacial score (nSPS) is 11.2. The molecule has 0 N–H and O–H groups in total. The van der Waals surface area contributed by atoms with E-state index in [0.717, 1.165) is 30.9 Å². The average molecular weight is 408 g/mol. The monoisotopic (exact) mass is 408 g/mol. The molecule has 30 heavy (non-hydrogen) atoms. The van der Waals surface area contributed by atoms with Crippen molar-refractivity contribution < 1.29 is 17.6 Å². The highest BCUT2D eigenvalue weighted by molar-refractivity contribution is 5.88. The fourth-order valence-corrected chi connectivity index (χ4v) is 3.68. The van der Waals surface area contributed by atoms with Gasteiger partial charge in [0.25, 0.3) is 0 Å². The second-order valence-electron chi connectivity index (χ2n) is 7.41. The molecule has 0 radical (unpaired) electrons. The van der Waals surface area contributed by atoms with E-state index in [0.29, 0.717) is 27.6 Å². The molecule has 0 bridgehead atoms. The van der Waals surface area contributed by atoms with E-state index in [-0.39, 0.29) is 11.2 Å². The van der Waals surface area contributed by atoms with Crippen LogP contribution in [0.1, 0.15) is 25.3 Å². The molecule has 4 rings (SSSR count). The largest absolute Gasteiger partial charge is 0.206 e. The van der Waals surface area contributed by atoms with Crippen LogP contribution < -0.4 is 0 Å². The minimum Gasteiger partial charge on any atom is -0.206 e. The first-order valence-electron chi connectivity index (χ1n) is 9.94. The molecule has 4 heteroatoms. The molecule has 4 aromatic rings. The quantitative estimate of drug-likeness (QED) is 0.293. The van der Waals surface area contributed by atoms with E-state index in [2.05, 4.69) is 6.92 Å². The van der Waals surface area contributed by atoms with Crippen molar-refractivity contribution in [2.45, 2.75) is 26.2 Å². The zero-order chi connectivity index (χ0) is 21.3. The second-order valence-corrected chi connectivity index (χ2v) is 7.41. The Bertz CT molecular complexity index is 1230. The third kappa shape index (κ3) is 3.82. The topological polar surface area (TPSA) is 0 Å². The standard InChI is InChI=1S/C26H20F4/c1-2-3-4-16-5-9-20(24(28)13-16)19-6-10-21(25(29)15-19)17-7-11-22-18(14-17)8-12-23(27)26(22)30/h5-15H,2-4H2,1H3. The SMILES string of the molecule is CCCCc1ccc(-c2ccc(-c3ccc4c(F)c(F)ccc4c3)c(F)c2)c(F)c1. The Balaban J connectivity index is 1.69. The van der Waals surface area contributed by atoms with Gasteiger partial charge in [-0.15, -0.1) is 0 Å². The molecular weight excluding hydrogens is 388 g/mol. The molecule has 4 aromatic carbocycles. The van der Waals surface area contributed by atoms with Crippen molar-refractivity contribution in [1.29, 1.82) is 0 Å². The van der Waals surface area contributed by atoms with Gasteiger partial charge in [0.2, 0.25) is 0 Å². The Morgan fingerprint density at radius 3 is 2.00 bits per heavy atom. The van der Waals surface area contributed by atoms with Crippen LogP contribution in [0.3, 0.4) is 0 Å². The van der Waals surface area contributed by atoms with Crippen LogP contribution in [0.15, 0.2) is 66.7 Å². The van der Waals surface area contributed by atoms with Gasteiger partial charge < -0.3 is 0 Å². The summed E-state index contributed by atoms with van der Waals surface area (Å²) in [6.07, 6.45) is 2.84. The second kappa shape index (κ2) is 8.31. The molecular formula is C26H20F4. The van der Waals surface area contributed by atoms with E-state index >= 15 is 0 Å². The molecule has 0 spiro atoms. The number of benzene rings is 4. The molecule has 0 amide bonds. The van der Waals surface area contributed by atoms with Gasteiger partial charge in [0.1, 0.15) is 11.6 Å². The summed E-state index contributed by atoms with van der Waals surface area (Å²) in [5.74, 6) is -2.73. The zero-order valence-electron chi connectivity index (χ0n) is 16.5. The Morgan fingerprint density at radius 2 is 1.30 bits per heavy atom. The Labute approximate surface area is 172 Å². The van der Waals surface area contributed by atoms with Gasteiger partial charge in [-0.05, 0) is 59.2 Å². The summed E-state index contributed by atoms with van der Waals surface area (Å²) in [6, 6.07) is 16.7. The lowest BCUT2D eigenvalue weighted by Crippen LogP contribution is -1.92. The summed E-state index contributed by atoms with van der Waals surface area (Å²) in [6.45, 7) is 2.08. The minimum atomic E-state index is -0.923. The molecule has 0 aliphatic heterocycles. The first-order valence-corrected chi connectivity index (χ1v) is 9.94. The van der Waals surface area contributed by atoms with Crippen molar-refractivity contribution in [3.63, 3.8) is 0 Å². The van der Waals surface area contributed by atoms with Gasteiger partial charge in [0.15, 0.2) is 11.6 Å². The van der Waals surface area contributed by atoms with Crippen LogP contribution in [0.5, 0.6) is 0 Å². The van der Waals surface area contributed by atoms with E-state index in [1.165, 1.54) is 24.3 Å². The van der Waals surface area contributed by atoms with Crippen molar-refractivity contribution in [2.24, 2.45) is 0 Å². The van der Waals surface area contributed by atoms with Gasteiger partial charge >= 0.3 is 0 Å². The van der Waals surface area contributed by atoms with Crippen LogP contribution in [0.25, 0.3) is 33.0 Å². The molecule has 0 saturated carbocycles. The average Bonchev–Trinajstić information content (AvgIpc) is 2.74. The number of hydrogen-bond acceptors (Lipinski definition) is 0. The van der Waals surface area contributed by atoms with Gasteiger partial charge in [-0.2, -0.15) is 0 Å². The molecule has 0 saturated heterocycles. The van der Waals surface area contributed by atoms with Crippen molar-refractivity contribution in [2.75, 3.05) is 0 Å². The smallest absolute Gasteiger partial charge is 0.166 e. The molecule has 0 unspecified atom stereocenters. The van der Waals surface area contributed by atoms with Crippen molar-refractivity contribution in [3.05, 3.63) is 95.6 Å². The Kier molecular flexibility index (Phi) is 5.58. The Hall–Kier alpha value is -3.14. The lowest BCUT2D eigenvalue weighted by molar-refractivity contribution is 0.517. The van der Waals surface area contributed by atoms with E-state index in [1.807, 2.05) is 6.07 Å². The van der Waals surface area contributed by atoms with Gasteiger partial charge in [-0.3, -0.25) is 0 Å². The van der Waals surface area contributed by atoms with Gasteiger partial charge in [-0.1, -0.05) is 55.8 Å². The molecule has 0 nitrogen and oxygen atoms in total. The van der Waals surface area contributed by atoms with Crippen molar-refractivity contribution in [1.82, 2.24) is 0 Å². The van der Waals surface area contributed by atoms with E-state index in [1.54, 1.807) is 30.3 Å². The third-order valence-electron chi connectivity index (χ3n) is 5.35. The highest BCUT2D eigenvalue weighted by Crippen LogP contribution is 2.32. The number of aryl methyl sites for hydroxylation is 1. The summed E-state index contributed by atoms with van der Waals surface area (Å²) in [7, 11) is 0. The van der Waals surface area contributed by atoms with Crippen LogP contribution >= 0.6 is 0 Å². The van der Waals surface area contributed by atoms with Crippen LogP contribution in [0, 0.1) is 23.3 Å². The summed E-state index contributed by atoms with van der Waals surface area (Å²) in [4.78, 5) is 0. The molecule has 0 atom stereocenters. The maximum Gasteiger partial charge on any atom is 0.166 e. The molecule has 0 aliphatic rings. The van der Waals surface area contributed by atoms with Crippen molar-refractivity contribution >= 4 is 10.8 Å². The summed E-state index contributed by atoms with van der Waals surface area (Å²) in [5, 5.41) is 0.615. The molecule has 152 valence electrons. The van der Waals surface area contributed by atoms with E-state index < -0.39 is 17.5 Å². The highest BCUT2D eigenvalue weighted by atomic mass is 19.2. The summed E-state index contributed by atoms with van der Waals surface area (Å²) >= 11 is 0. The van der Waals surface area contributed by atoms with E-state index in [4.69, 9.17) is 0 Å². The van der Waals surface area contributed by atoms with Crippen LogP contribution in [-0.4, -0.2) is 0 Å². The van der Waals surface area contributed by atoms with E-state index in [9.17, 15) is 17.6 Å². The number of rotatable bonds is 5. The van der Waals surface area contributed by atoms with Gasteiger partial charge in [0, 0.05) is 16.5 Å². The predicted octanol–water partition coefficient (Wildman–Crippen LogP) is 8.07. The Morgan fingerprint density at radius 1 is 0.633 bits per heavy atom. The first kappa shape index (κ1) is 20.1. The molecule has 0 aromatic heterocycles. The van der Waals surface area contributed by atoms with Crippen molar-refractivity contribution in [3.8, 4) is 22.3 Å². The molecule has 0 aliphatic carbocycles. The fraction of sp³-hybridized carbons (Fsp3) is 0.154. The first-order chi connectivity index (χ1) is 14.5. The van der Waals surface area contributed by atoms with Crippen LogP contribution in [-0.2, 0) is 6.42 Å². The number of hydrogen-bond donors (Lipinski definition) is 0. The lowest BCUT2D eigenvalue weighted by atomic mass is 9.96. The van der Waals surface area contributed by atoms with Gasteiger partial charge in [0.05, 0.1) is 0 Å². The fourth-order valence-electron chi connectivity index (χ4n) is 3.68.